The van der Waals surface area contributed by atoms with Gasteiger partial charge in [0.15, 0.2) is 0 Å². The fourth-order valence-electron chi connectivity index (χ4n) is 2.21. The number of ether oxygens (including phenoxy) is 10. The summed E-state index contributed by atoms with van der Waals surface area (Å²) in [4.78, 5) is 11.1. The van der Waals surface area contributed by atoms with Gasteiger partial charge in [0, 0.05) is 0 Å². The molecule has 12 nitrogen and oxygen atoms in total. The van der Waals surface area contributed by atoms with Crippen LogP contribution in [0.3, 0.4) is 0 Å². The minimum atomic E-state index is -0.420. The van der Waals surface area contributed by atoms with Crippen LogP contribution >= 0.6 is 0 Å². The van der Waals surface area contributed by atoms with E-state index in [2.05, 4.69) is 4.74 Å². The van der Waals surface area contributed by atoms with Gasteiger partial charge in [0.1, 0.15) is 6.61 Å². The highest BCUT2D eigenvalue weighted by Crippen LogP contribution is 1.95. The molecule has 0 saturated heterocycles. The second kappa shape index (κ2) is 28.9. The standard InChI is InChI=1S/C23H44O12/c1-22(23(25)26-2)21-35-20-19-34-18-17-33-16-15-32-14-13-31-12-11-30-10-9-29-8-7-28-6-5-27-4-3-24/h21,24H,3-20H2,1-2H3. The third-order valence-electron chi connectivity index (χ3n) is 3.95. The van der Waals surface area contributed by atoms with Crippen LogP contribution in [0.5, 0.6) is 0 Å². The molecule has 208 valence electrons. The van der Waals surface area contributed by atoms with Gasteiger partial charge in [-0.1, -0.05) is 0 Å². The molecule has 0 heterocycles. The third kappa shape index (κ3) is 27.1. The van der Waals surface area contributed by atoms with Crippen LogP contribution in [-0.2, 0) is 52.2 Å². The van der Waals surface area contributed by atoms with Crippen molar-refractivity contribution >= 4 is 5.97 Å². The van der Waals surface area contributed by atoms with Crippen LogP contribution in [0, 0.1) is 0 Å². The molecule has 0 spiro atoms. The van der Waals surface area contributed by atoms with Gasteiger partial charge in [-0.2, -0.15) is 0 Å². The van der Waals surface area contributed by atoms with Gasteiger partial charge in [0.05, 0.1) is 131 Å². The number of aliphatic hydroxyl groups excluding tert-OH is 1. The maximum Gasteiger partial charge on any atom is 0.336 e. The van der Waals surface area contributed by atoms with Crippen molar-refractivity contribution in [1.29, 1.82) is 0 Å². The number of hydrogen-bond donors (Lipinski definition) is 1. The fourth-order valence-corrected chi connectivity index (χ4v) is 2.21. The summed E-state index contributed by atoms with van der Waals surface area (Å²) in [5.74, 6) is -0.420. The van der Waals surface area contributed by atoms with Gasteiger partial charge in [-0.05, 0) is 6.92 Å². The zero-order valence-corrected chi connectivity index (χ0v) is 21.2. The van der Waals surface area contributed by atoms with Crippen LogP contribution in [0.2, 0.25) is 0 Å². The van der Waals surface area contributed by atoms with Crippen LogP contribution in [0.1, 0.15) is 6.92 Å². The van der Waals surface area contributed by atoms with Crippen molar-refractivity contribution < 1.29 is 57.3 Å². The van der Waals surface area contributed by atoms with E-state index < -0.39 is 5.97 Å². The predicted octanol–water partition coefficient (Wildman–Crippen LogP) is 0.205. The van der Waals surface area contributed by atoms with Crippen LogP contribution in [0.4, 0.5) is 0 Å². The Labute approximate surface area is 208 Å². The second-order valence-corrected chi connectivity index (χ2v) is 6.79. The lowest BCUT2D eigenvalue weighted by Gasteiger charge is -2.08. The molecule has 0 bridgehead atoms. The van der Waals surface area contributed by atoms with Crippen molar-refractivity contribution in [3.8, 4) is 0 Å². The zero-order valence-electron chi connectivity index (χ0n) is 21.2. The molecule has 0 amide bonds. The number of esters is 1. The number of rotatable bonds is 28. The topological polar surface area (TPSA) is 130 Å². The molecule has 0 aromatic carbocycles. The van der Waals surface area contributed by atoms with E-state index in [1.54, 1.807) is 6.92 Å². The molecule has 12 heteroatoms. The molecule has 0 fully saturated rings. The van der Waals surface area contributed by atoms with Crippen LogP contribution in [0.15, 0.2) is 11.8 Å². The van der Waals surface area contributed by atoms with Gasteiger partial charge in [-0.3, -0.25) is 0 Å². The summed E-state index contributed by atoms with van der Waals surface area (Å²) in [6, 6.07) is 0. The van der Waals surface area contributed by atoms with Crippen molar-refractivity contribution in [2.75, 3.05) is 126 Å². The number of methoxy groups -OCH3 is 1. The van der Waals surface area contributed by atoms with E-state index in [0.29, 0.717) is 118 Å². The van der Waals surface area contributed by atoms with E-state index >= 15 is 0 Å². The SMILES string of the molecule is COC(=O)C(C)=COCCOCCOCCOCCOCCOCCOCCOCCOCCO. The fraction of sp³-hybridized carbons (Fsp3) is 0.870. The largest absolute Gasteiger partial charge is 0.498 e. The molecule has 0 saturated carbocycles. The molecular weight excluding hydrogens is 468 g/mol. The minimum Gasteiger partial charge on any atom is -0.498 e. The van der Waals surface area contributed by atoms with E-state index in [1.807, 2.05) is 0 Å². The second-order valence-electron chi connectivity index (χ2n) is 6.79. The molecule has 0 atom stereocenters. The van der Waals surface area contributed by atoms with Crippen LogP contribution in [-0.4, -0.2) is 137 Å². The van der Waals surface area contributed by atoms with Gasteiger partial charge in [0.25, 0.3) is 0 Å². The summed E-state index contributed by atoms with van der Waals surface area (Å²) in [6.07, 6.45) is 1.36. The molecule has 1 N–H and O–H groups in total. The highest BCUT2D eigenvalue weighted by atomic mass is 16.6. The van der Waals surface area contributed by atoms with E-state index in [-0.39, 0.29) is 6.61 Å². The van der Waals surface area contributed by atoms with Crippen molar-refractivity contribution in [2.45, 2.75) is 6.92 Å². The van der Waals surface area contributed by atoms with Crippen molar-refractivity contribution in [1.82, 2.24) is 0 Å². The lowest BCUT2D eigenvalue weighted by Crippen LogP contribution is -2.15. The van der Waals surface area contributed by atoms with Gasteiger partial charge >= 0.3 is 5.97 Å². The molecule has 0 aliphatic carbocycles. The van der Waals surface area contributed by atoms with Crippen LogP contribution in [0.25, 0.3) is 0 Å². The zero-order chi connectivity index (χ0) is 25.7. The highest BCUT2D eigenvalue weighted by Gasteiger charge is 2.02. The van der Waals surface area contributed by atoms with Gasteiger partial charge in [-0.25, -0.2) is 4.79 Å². The Balaban J connectivity index is 3.11. The highest BCUT2D eigenvalue weighted by molar-refractivity contribution is 5.87. The Hall–Kier alpha value is -1.35. The first-order chi connectivity index (χ1) is 17.2. The Morgan fingerprint density at radius 2 is 0.829 bits per heavy atom. The number of aliphatic hydroxyl groups is 1. The molecule has 0 aliphatic heterocycles. The number of carbonyl (C=O) groups is 1. The van der Waals surface area contributed by atoms with Gasteiger partial charge in [-0.15, -0.1) is 0 Å². The first-order valence-electron chi connectivity index (χ1n) is 11.8. The summed E-state index contributed by atoms with van der Waals surface area (Å²) in [7, 11) is 1.32. The van der Waals surface area contributed by atoms with Gasteiger partial charge < -0.3 is 52.5 Å². The van der Waals surface area contributed by atoms with E-state index in [4.69, 9.17) is 47.7 Å². The average molecular weight is 513 g/mol. The van der Waals surface area contributed by atoms with Gasteiger partial charge in [0.2, 0.25) is 0 Å². The molecule has 0 rings (SSSR count). The molecule has 0 aromatic rings. The molecule has 0 aromatic heterocycles. The average Bonchev–Trinajstić information content (AvgIpc) is 2.87. The van der Waals surface area contributed by atoms with Crippen molar-refractivity contribution in [2.24, 2.45) is 0 Å². The first-order valence-corrected chi connectivity index (χ1v) is 11.8. The molecule has 0 aliphatic rings. The maximum atomic E-state index is 11.1. The smallest absolute Gasteiger partial charge is 0.336 e. The van der Waals surface area contributed by atoms with Crippen molar-refractivity contribution in [3.63, 3.8) is 0 Å². The Morgan fingerprint density at radius 3 is 1.11 bits per heavy atom. The van der Waals surface area contributed by atoms with Crippen LogP contribution < -0.4 is 0 Å². The molecule has 0 unspecified atom stereocenters. The molecule has 0 radical (unpaired) electrons. The van der Waals surface area contributed by atoms with Crippen molar-refractivity contribution in [3.05, 3.63) is 11.8 Å². The minimum absolute atomic E-state index is 0.0230. The van der Waals surface area contributed by atoms with E-state index in [1.165, 1.54) is 13.4 Å². The lowest BCUT2D eigenvalue weighted by molar-refractivity contribution is -0.136. The monoisotopic (exact) mass is 512 g/mol. The number of hydrogen-bond acceptors (Lipinski definition) is 12. The number of carbonyl (C=O) groups excluding carboxylic acids is 1. The lowest BCUT2D eigenvalue weighted by atomic mass is 10.3. The van der Waals surface area contributed by atoms with E-state index in [0.717, 1.165) is 0 Å². The quantitative estimate of drug-likeness (QED) is 0.0665. The summed E-state index contributed by atoms with van der Waals surface area (Å²) >= 11 is 0. The summed E-state index contributed by atoms with van der Waals surface area (Å²) in [5, 5.41) is 8.55. The summed E-state index contributed by atoms with van der Waals surface area (Å²) < 4.78 is 52.5. The van der Waals surface area contributed by atoms with E-state index in [9.17, 15) is 4.79 Å². The summed E-state index contributed by atoms with van der Waals surface area (Å²) in [5.41, 5.74) is 0.396. The Morgan fingerprint density at radius 1 is 0.543 bits per heavy atom. The normalized spacial score (nSPS) is 11.7. The Kier molecular flexibility index (Phi) is 27.8. The first kappa shape index (κ1) is 33.7. The predicted molar refractivity (Wildman–Crippen MR) is 125 cm³/mol. The Bertz CT molecular complexity index is 475. The molecule has 35 heavy (non-hydrogen) atoms. The third-order valence-corrected chi connectivity index (χ3v) is 3.95. The maximum absolute atomic E-state index is 11.1. The summed E-state index contributed by atoms with van der Waals surface area (Å²) in [6.45, 7) is 9.52. The molecular formula is C23H44O12.